The second-order valence-corrected chi connectivity index (χ2v) is 5.62. The van der Waals surface area contributed by atoms with Gasteiger partial charge in [0.2, 0.25) is 0 Å². The molecule has 68 valence electrons. The van der Waals surface area contributed by atoms with Gasteiger partial charge in [-0.2, -0.15) is 0 Å². The third-order valence-corrected chi connectivity index (χ3v) is 4.48. The third kappa shape index (κ3) is 1.37. The average molecular weight is 282 g/mol. The monoisotopic (exact) mass is 282 g/mol. The van der Waals surface area contributed by atoms with Crippen LogP contribution in [0.4, 0.5) is 4.79 Å². The molecule has 0 spiro atoms. The Kier molecular flexibility index (Phi) is 2.81. The van der Waals surface area contributed by atoms with Gasteiger partial charge in [0, 0.05) is 14.1 Å². The Morgan fingerprint density at radius 1 is 1.42 bits per heavy atom. The Labute approximate surface area is 81.3 Å². The number of imide groups is 1. The van der Waals surface area contributed by atoms with Gasteiger partial charge in [-0.3, -0.25) is 9.69 Å². The highest BCUT2D eigenvalue weighted by atomic mass is 127. The van der Waals surface area contributed by atoms with Crippen molar-refractivity contribution in [3.05, 3.63) is 0 Å². The highest BCUT2D eigenvalue weighted by Crippen LogP contribution is 2.22. The lowest BCUT2D eigenvalue weighted by Gasteiger charge is -2.10. The van der Waals surface area contributed by atoms with E-state index in [2.05, 4.69) is 0 Å². The third-order valence-electron chi connectivity index (χ3n) is 1.71. The predicted molar refractivity (Wildman–Crippen MR) is 55.5 cm³/mol. The number of halogens is 1. The van der Waals surface area contributed by atoms with Crippen LogP contribution in [0, 0.1) is 0 Å². The minimum Gasteiger partial charge on any atom is -0.307 e. The fraction of sp³-hybridized carbons (Fsp3) is 0.571. The van der Waals surface area contributed by atoms with E-state index in [1.807, 2.05) is 10.9 Å². The van der Waals surface area contributed by atoms with E-state index in [-0.39, 0.29) is 36.7 Å². The molecule has 12 heavy (non-hydrogen) atoms. The summed E-state index contributed by atoms with van der Waals surface area (Å²) in [5.74, 6) is -0.0617. The van der Waals surface area contributed by atoms with E-state index in [0.29, 0.717) is 0 Å². The average Bonchev–Trinajstić information content (AvgIpc) is 2.23. The van der Waals surface area contributed by atoms with Crippen LogP contribution >= 0.6 is 20.7 Å². The van der Waals surface area contributed by atoms with E-state index in [1.165, 1.54) is 16.8 Å². The molecule has 0 aliphatic carbocycles. The van der Waals surface area contributed by atoms with Crippen molar-refractivity contribution >= 4 is 36.7 Å². The Bertz CT molecular complexity index is 252. The second kappa shape index (κ2) is 3.51. The molecule has 0 aromatic heterocycles. The highest BCUT2D eigenvalue weighted by Gasteiger charge is 2.39. The molecule has 1 unspecified atom stereocenters. The van der Waals surface area contributed by atoms with Crippen LogP contribution in [0.25, 0.3) is 0 Å². The molecular weight excluding hydrogens is 271 g/mol. The molecule has 1 rings (SSSR count). The largest absolute Gasteiger partial charge is 0.327 e. The number of carbonyl (C=O) groups is 2. The normalized spacial score (nSPS) is 25.4. The van der Waals surface area contributed by atoms with E-state index in [0.717, 1.165) is 0 Å². The molecule has 1 heterocycles. The standard InChI is InChI=1S/C7H11IN2O2/c1-4-8-5-6(11)10(3)7(12)9(5)2/h4-5H,1-3H3. The lowest BCUT2D eigenvalue weighted by Crippen LogP contribution is -2.27. The van der Waals surface area contributed by atoms with Crippen LogP contribution in [-0.4, -0.2) is 43.9 Å². The molecule has 1 atom stereocenters. The van der Waals surface area contributed by atoms with Crippen molar-refractivity contribution in [2.75, 3.05) is 14.1 Å². The van der Waals surface area contributed by atoms with Gasteiger partial charge in [0.15, 0.2) is 4.05 Å². The molecule has 0 saturated carbocycles. The first kappa shape index (κ1) is 9.63. The van der Waals surface area contributed by atoms with Gasteiger partial charge in [0.05, 0.1) is 0 Å². The first-order chi connectivity index (χ1) is 5.59. The van der Waals surface area contributed by atoms with Crippen LogP contribution in [0.3, 0.4) is 0 Å². The number of hydrogen-bond acceptors (Lipinski definition) is 2. The van der Waals surface area contributed by atoms with Gasteiger partial charge >= 0.3 is 6.03 Å². The second-order valence-electron chi connectivity index (χ2n) is 2.47. The number of rotatable bonds is 1. The van der Waals surface area contributed by atoms with Crippen LogP contribution in [0.15, 0.2) is 0 Å². The number of carbonyl (C=O) groups excluding carboxylic acids is 2. The van der Waals surface area contributed by atoms with Crippen molar-refractivity contribution in [2.24, 2.45) is 0 Å². The molecule has 0 N–H and O–H groups in total. The van der Waals surface area contributed by atoms with Crippen molar-refractivity contribution in [3.8, 4) is 0 Å². The first-order valence-corrected chi connectivity index (χ1v) is 6.03. The number of urea groups is 1. The Morgan fingerprint density at radius 3 is 2.33 bits per heavy atom. The fourth-order valence-electron chi connectivity index (χ4n) is 1.01. The molecule has 0 bridgehead atoms. The minimum absolute atomic E-state index is 0.0617. The Balaban J connectivity index is 2.91. The molecule has 0 aromatic carbocycles. The summed E-state index contributed by atoms with van der Waals surface area (Å²) < 4.78 is 1.83. The van der Waals surface area contributed by atoms with Crippen LogP contribution in [0.1, 0.15) is 6.92 Å². The van der Waals surface area contributed by atoms with Crippen molar-refractivity contribution in [1.29, 1.82) is 0 Å². The lowest BCUT2D eigenvalue weighted by molar-refractivity contribution is -0.124. The van der Waals surface area contributed by atoms with Gasteiger partial charge in [0.1, 0.15) is 0 Å². The van der Waals surface area contributed by atoms with E-state index in [9.17, 15) is 9.59 Å². The molecule has 0 aromatic rings. The van der Waals surface area contributed by atoms with E-state index < -0.39 is 0 Å². The van der Waals surface area contributed by atoms with Gasteiger partial charge in [-0.25, -0.2) is 4.79 Å². The zero-order chi connectivity index (χ0) is 9.30. The van der Waals surface area contributed by atoms with Crippen LogP contribution in [-0.2, 0) is 4.79 Å². The maximum absolute atomic E-state index is 11.4. The highest BCUT2D eigenvalue weighted by molar-refractivity contribution is 14.2. The Morgan fingerprint density at radius 2 is 2.00 bits per heavy atom. The molecule has 1 fully saturated rings. The van der Waals surface area contributed by atoms with Gasteiger partial charge in [-0.05, 0) is 6.92 Å². The molecule has 0 radical (unpaired) electrons. The maximum Gasteiger partial charge on any atom is 0.327 e. The zero-order valence-electron chi connectivity index (χ0n) is 7.24. The van der Waals surface area contributed by atoms with Crippen molar-refractivity contribution in [3.63, 3.8) is 0 Å². The molecule has 4 nitrogen and oxygen atoms in total. The molecule has 1 aliphatic heterocycles. The summed E-state index contributed by atoms with van der Waals surface area (Å²) in [4.78, 5) is 25.3. The smallest absolute Gasteiger partial charge is 0.307 e. The number of alkyl halides is 1. The molecule has 1 aliphatic rings. The molecule has 1 saturated heterocycles. The van der Waals surface area contributed by atoms with E-state index in [4.69, 9.17) is 0 Å². The van der Waals surface area contributed by atoms with Gasteiger partial charge < -0.3 is 4.90 Å². The van der Waals surface area contributed by atoms with Gasteiger partial charge in [0.25, 0.3) is 5.91 Å². The number of nitrogens with zero attached hydrogens (tertiary/aromatic N) is 2. The number of amides is 3. The van der Waals surface area contributed by atoms with E-state index in [1.54, 1.807) is 7.05 Å². The minimum atomic E-state index is -0.321. The van der Waals surface area contributed by atoms with Crippen LogP contribution in [0.5, 0.6) is 0 Å². The fourth-order valence-corrected chi connectivity index (χ4v) is 3.14. The summed E-state index contributed by atoms with van der Waals surface area (Å²) in [6, 6.07) is -0.188. The van der Waals surface area contributed by atoms with Gasteiger partial charge in [-0.15, -0.1) is 0 Å². The van der Waals surface area contributed by atoms with Crippen molar-refractivity contribution in [1.82, 2.24) is 9.80 Å². The molecule has 3 amide bonds. The van der Waals surface area contributed by atoms with E-state index >= 15 is 0 Å². The van der Waals surface area contributed by atoms with Crippen molar-refractivity contribution < 1.29 is 9.59 Å². The lowest BCUT2D eigenvalue weighted by atomic mass is 10.6. The summed E-state index contributed by atoms with van der Waals surface area (Å²) in [6.07, 6.45) is 0. The molecular formula is C7H11IN2O2. The van der Waals surface area contributed by atoms with Gasteiger partial charge in [-0.1, -0.05) is 24.7 Å². The topological polar surface area (TPSA) is 40.6 Å². The zero-order valence-corrected chi connectivity index (χ0v) is 9.40. The first-order valence-electron chi connectivity index (χ1n) is 3.53. The summed E-state index contributed by atoms with van der Waals surface area (Å²) in [5.41, 5.74) is 0. The summed E-state index contributed by atoms with van der Waals surface area (Å²) in [5, 5.41) is 0. The Hall–Kier alpha value is -0.460. The van der Waals surface area contributed by atoms with Crippen molar-refractivity contribution in [2.45, 2.75) is 11.0 Å². The quantitative estimate of drug-likeness (QED) is 0.306. The summed E-state index contributed by atoms with van der Waals surface area (Å²) in [7, 11) is 3.21. The summed E-state index contributed by atoms with van der Waals surface area (Å²) in [6.45, 7) is 1.93. The van der Waals surface area contributed by atoms with Crippen LogP contribution in [0.2, 0.25) is 0 Å². The molecule has 5 heteroatoms. The summed E-state index contributed by atoms with van der Waals surface area (Å²) >= 11 is -0.321. The maximum atomic E-state index is 11.4. The SMILES string of the molecule is CC=IC1C(=O)N(C)C(=O)N1C. The number of hydrogen-bond donors (Lipinski definition) is 0. The predicted octanol–water partition coefficient (Wildman–Crippen LogP) is 0.629. The van der Waals surface area contributed by atoms with Crippen LogP contribution < -0.4 is 0 Å². The number of likely N-dealkylation sites (N-methyl/N-ethyl adjacent to an activating group) is 2.